The van der Waals surface area contributed by atoms with E-state index in [1.54, 1.807) is 0 Å². The van der Waals surface area contributed by atoms with Crippen LogP contribution in [-0.2, 0) is 0 Å². The van der Waals surface area contributed by atoms with Crippen molar-refractivity contribution in [1.29, 1.82) is 0 Å². The molecular weight excluding hydrogens is 274 g/mol. The van der Waals surface area contributed by atoms with E-state index in [2.05, 4.69) is 0 Å². The van der Waals surface area contributed by atoms with Crippen LogP contribution in [0.3, 0.4) is 0 Å². The summed E-state index contributed by atoms with van der Waals surface area (Å²) in [6, 6.07) is 7.54. The van der Waals surface area contributed by atoms with Crippen molar-refractivity contribution in [3.63, 3.8) is 0 Å². The van der Waals surface area contributed by atoms with E-state index in [-0.39, 0.29) is 21.9 Å². The first-order chi connectivity index (χ1) is 9.04. The van der Waals surface area contributed by atoms with Crippen LogP contribution in [0.4, 0.5) is 8.78 Å². The number of benzene rings is 2. The van der Waals surface area contributed by atoms with Gasteiger partial charge in [-0.1, -0.05) is 17.7 Å². The molecule has 2 aromatic carbocycles. The van der Waals surface area contributed by atoms with Gasteiger partial charge in [0.1, 0.15) is 5.82 Å². The first-order valence-electron chi connectivity index (χ1n) is 5.37. The fourth-order valence-corrected chi connectivity index (χ4v) is 1.92. The minimum absolute atomic E-state index is 0.0372. The van der Waals surface area contributed by atoms with Crippen molar-refractivity contribution < 1.29 is 18.3 Å². The van der Waals surface area contributed by atoms with Gasteiger partial charge in [0.25, 0.3) is 0 Å². The average molecular weight is 283 g/mol. The normalized spacial score (nSPS) is 10.3. The molecule has 0 bridgehead atoms. The second-order valence-electron chi connectivity index (χ2n) is 3.78. The van der Waals surface area contributed by atoms with Crippen LogP contribution in [0.2, 0.25) is 5.02 Å². The van der Waals surface area contributed by atoms with E-state index in [1.165, 1.54) is 31.4 Å². The maximum Gasteiger partial charge on any atom is 0.197 e. The second kappa shape index (κ2) is 5.36. The van der Waals surface area contributed by atoms with Crippen LogP contribution in [0.1, 0.15) is 15.9 Å². The van der Waals surface area contributed by atoms with Crippen LogP contribution in [0.25, 0.3) is 0 Å². The van der Waals surface area contributed by atoms with E-state index in [9.17, 15) is 13.6 Å². The molecule has 19 heavy (non-hydrogen) atoms. The van der Waals surface area contributed by atoms with Crippen LogP contribution < -0.4 is 4.74 Å². The summed E-state index contributed by atoms with van der Waals surface area (Å²) in [5.74, 6) is -1.99. The highest BCUT2D eigenvalue weighted by atomic mass is 35.5. The van der Waals surface area contributed by atoms with Crippen molar-refractivity contribution in [2.24, 2.45) is 0 Å². The first kappa shape index (κ1) is 13.5. The summed E-state index contributed by atoms with van der Waals surface area (Å²) in [6.07, 6.45) is 0. The SMILES string of the molecule is COc1cccc(C(=O)c2ccc(F)cc2Cl)c1F. The lowest BCUT2D eigenvalue weighted by molar-refractivity contribution is 0.103. The summed E-state index contributed by atoms with van der Waals surface area (Å²) in [5.41, 5.74) is -0.136. The maximum atomic E-state index is 14.0. The number of carbonyl (C=O) groups is 1. The van der Waals surface area contributed by atoms with Gasteiger partial charge in [-0.25, -0.2) is 8.78 Å². The van der Waals surface area contributed by atoms with Crippen molar-refractivity contribution in [3.05, 3.63) is 64.2 Å². The third-order valence-corrected chi connectivity index (χ3v) is 2.92. The highest BCUT2D eigenvalue weighted by Gasteiger charge is 2.19. The van der Waals surface area contributed by atoms with E-state index >= 15 is 0 Å². The molecule has 0 radical (unpaired) electrons. The maximum absolute atomic E-state index is 14.0. The smallest absolute Gasteiger partial charge is 0.197 e. The second-order valence-corrected chi connectivity index (χ2v) is 4.18. The van der Waals surface area contributed by atoms with Gasteiger partial charge in [-0.3, -0.25) is 4.79 Å². The minimum Gasteiger partial charge on any atom is -0.494 e. The number of ether oxygens (including phenoxy) is 1. The van der Waals surface area contributed by atoms with Gasteiger partial charge in [-0.2, -0.15) is 0 Å². The zero-order valence-corrected chi connectivity index (χ0v) is 10.7. The lowest BCUT2D eigenvalue weighted by Gasteiger charge is -2.07. The van der Waals surface area contributed by atoms with Gasteiger partial charge in [0.05, 0.1) is 17.7 Å². The van der Waals surface area contributed by atoms with Crippen molar-refractivity contribution in [3.8, 4) is 5.75 Å². The van der Waals surface area contributed by atoms with Crippen molar-refractivity contribution in [2.75, 3.05) is 7.11 Å². The number of methoxy groups -OCH3 is 1. The molecule has 0 heterocycles. The molecule has 0 atom stereocenters. The molecule has 0 amide bonds. The Morgan fingerprint density at radius 1 is 1.16 bits per heavy atom. The topological polar surface area (TPSA) is 26.3 Å². The molecule has 0 aliphatic carbocycles. The first-order valence-corrected chi connectivity index (χ1v) is 5.74. The molecule has 0 saturated heterocycles. The van der Waals surface area contributed by atoms with Gasteiger partial charge in [0, 0.05) is 5.56 Å². The molecule has 0 aromatic heterocycles. The molecule has 0 aliphatic heterocycles. The largest absolute Gasteiger partial charge is 0.494 e. The lowest BCUT2D eigenvalue weighted by Crippen LogP contribution is -2.06. The third-order valence-electron chi connectivity index (χ3n) is 2.60. The Balaban J connectivity index is 2.50. The van der Waals surface area contributed by atoms with Crippen LogP contribution in [-0.4, -0.2) is 12.9 Å². The number of halogens is 3. The number of rotatable bonds is 3. The fourth-order valence-electron chi connectivity index (χ4n) is 1.66. The van der Waals surface area contributed by atoms with E-state index in [0.717, 1.165) is 12.1 Å². The van der Waals surface area contributed by atoms with Gasteiger partial charge in [-0.15, -0.1) is 0 Å². The zero-order chi connectivity index (χ0) is 14.0. The Kier molecular flexibility index (Phi) is 3.81. The van der Waals surface area contributed by atoms with Crippen LogP contribution in [0.5, 0.6) is 5.75 Å². The molecule has 0 N–H and O–H groups in total. The van der Waals surface area contributed by atoms with Crippen LogP contribution >= 0.6 is 11.6 Å². The van der Waals surface area contributed by atoms with Gasteiger partial charge in [0.2, 0.25) is 0 Å². The molecule has 98 valence electrons. The molecule has 0 aliphatic rings. The quantitative estimate of drug-likeness (QED) is 0.799. The van der Waals surface area contributed by atoms with E-state index in [4.69, 9.17) is 16.3 Å². The van der Waals surface area contributed by atoms with Crippen LogP contribution in [0, 0.1) is 11.6 Å². The van der Waals surface area contributed by atoms with Crippen molar-refractivity contribution in [1.82, 2.24) is 0 Å². The summed E-state index contributed by atoms with van der Waals surface area (Å²) in [7, 11) is 1.30. The number of hydrogen-bond acceptors (Lipinski definition) is 2. The zero-order valence-electron chi connectivity index (χ0n) is 9.91. The van der Waals surface area contributed by atoms with Crippen molar-refractivity contribution in [2.45, 2.75) is 0 Å². The molecule has 2 rings (SSSR count). The Labute approximate surface area is 113 Å². The predicted molar refractivity (Wildman–Crippen MR) is 67.8 cm³/mol. The fraction of sp³-hybridized carbons (Fsp3) is 0.0714. The predicted octanol–water partition coefficient (Wildman–Crippen LogP) is 3.86. The standard InChI is InChI=1S/C14H9ClF2O2/c1-19-12-4-2-3-10(13(12)17)14(18)9-6-5-8(16)7-11(9)15/h2-7H,1H3. The molecule has 2 aromatic rings. The number of hydrogen-bond donors (Lipinski definition) is 0. The molecule has 5 heteroatoms. The van der Waals surface area contributed by atoms with E-state index < -0.39 is 17.4 Å². The summed E-state index contributed by atoms with van der Waals surface area (Å²) >= 11 is 5.79. The molecule has 0 saturated carbocycles. The molecule has 0 spiro atoms. The summed E-state index contributed by atoms with van der Waals surface area (Å²) in [5, 5.41) is -0.0628. The van der Waals surface area contributed by atoms with E-state index in [0.29, 0.717) is 0 Å². The molecule has 0 unspecified atom stereocenters. The Morgan fingerprint density at radius 3 is 2.53 bits per heavy atom. The lowest BCUT2D eigenvalue weighted by atomic mass is 10.0. The third kappa shape index (κ3) is 2.58. The molecule has 0 fully saturated rings. The van der Waals surface area contributed by atoms with Crippen molar-refractivity contribution >= 4 is 17.4 Å². The van der Waals surface area contributed by atoms with Crippen LogP contribution in [0.15, 0.2) is 36.4 Å². The Hall–Kier alpha value is -1.94. The van der Waals surface area contributed by atoms with Gasteiger partial charge >= 0.3 is 0 Å². The monoisotopic (exact) mass is 282 g/mol. The molecular formula is C14H9ClF2O2. The molecule has 2 nitrogen and oxygen atoms in total. The van der Waals surface area contributed by atoms with E-state index in [1.807, 2.05) is 0 Å². The Bertz CT molecular complexity index is 641. The highest BCUT2D eigenvalue weighted by Crippen LogP contribution is 2.25. The average Bonchev–Trinajstić information content (AvgIpc) is 2.38. The minimum atomic E-state index is -0.768. The van der Waals surface area contributed by atoms with Gasteiger partial charge < -0.3 is 4.74 Å². The summed E-state index contributed by atoms with van der Waals surface area (Å²) < 4.78 is 31.7. The number of ketones is 1. The van der Waals surface area contributed by atoms with Gasteiger partial charge in [0.15, 0.2) is 17.3 Å². The number of carbonyl (C=O) groups excluding carboxylic acids is 1. The van der Waals surface area contributed by atoms with Gasteiger partial charge in [-0.05, 0) is 30.3 Å². The summed E-state index contributed by atoms with van der Waals surface area (Å²) in [4.78, 5) is 12.2. The highest BCUT2D eigenvalue weighted by molar-refractivity contribution is 6.35. The Morgan fingerprint density at radius 2 is 1.89 bits per heavy atom. The summed E-state index contributed by atoms with van der Waals surface area (Å²) in [6.45, 7) is 0.